The fourth-order valence-corrected chi connectivity index (χ4v) is 1.63. The van der Waals surface area contributed by atoms with Gasteiger partial charge in [0.2, 0.25) is 0 Å². The van der Waals surface area contributed by atoms with E-state index in [-0.39, 0.29) is 18.3 Å². The summed E-state index contributed by atoms with van der Waals surface area (Å²) >= 11 is 5.74. The molecule has 0 fully saturated rings. The quantitative estimate of drug-likeness (QED) is 0.844. The maximum atomic E-state index is 12.7. The molecule has 0 aliphatic rings. The van der Waals surface area contributed by atoms with Crippen molar-refractivity contribution in [2.45, 2.75) is 0 Å². The summed E-state index contributed by atoms with van der Waals surface area (Å²) in [6.07, 6.45) is 0. The van der Waals surface area contributed by atoms with Crippen LogP contribution >= 0.6 is 11.6 Å². The minimum atomic E-state index is -0.299. The summed E-state index contributed by atoms with van der Waals surface area (Å²) < 4.78 is 12.7. The van der Waals surface area contributed by atoms with Gasteiger partial charge < -0.3 is 5.32 Å². The fourth-order valence-electron chi connectivity index (χ4n) is 1.51. The molecule has 0 unspecified atom stereocenters. The molecule has 0 atom stereocenters. The van der Waals surface area contributed by atoms with Crippen molar-refractivity contribution in [3.8, 4) is 11.8 Å². The number of halogens is 2. The Morgan fingerprint density at radius 2 is 1.75 bits per heavy atom. The van der Waals surface area contributed by atoms with Crippen LogP contribution in [0.5, 0.6) is 0 Å². The van der Waals surface area contributed by atoms with E-state index in [1.807, 2.05) is 0 Å². The average Bonchev–Trinajstić information content (AvgIpc) is 2.46. The number of carbonyl (C=O) groups excluding carboxylic acids is 1. The topological polar surface area (TPSA) is 29.1 Å². The minimum Gasteiger partial charge on any atom is -0.341 e. The molecule has 0 saturated heterocycles. The molecule has 0 bridgehead atoms. The van der Waals surface area contributed by atoms with Gasteiger partial charge in [-0.1, -0.05) is 23.4 Å². The highest BCUT2D eigenvalue weighted by molar-refractivity contribution is 6.30. The first-order valence-corrected chi connectivity index (χ1v) is 6.31. The second kappa shape index (κ2) is 6.74. The van der Waals surface area contributed by atoms with Gasteiger partial charge in [-0.3, -0.25) is 4.79 Å². The van der Waals surface area contributed by atoms with Gasteiger partial charge in [0.25, 0.3) is 5.91 Å². The summed E-state index contributed by atoms with van der Waals surface area (Å²) in [5, 5.41) is 3.25. The Bertz CT molecular complexity index is 654. The molecule has 2 nitrogen and oxygen atoms in total. The van der Waals surface area contributed by atoms with E-state index in [9.17, 15) is 9.18 Å². The van der Waals surface area contributed by atoms with E-state index in [4.69, 9.17) is 11.6 Å². The molecule has 0 saturated carbocycles. The molecule has 20 heavy (non-hydrogen) atoms. The van der Waals surface area contributed by atoms with Gasteiger partial charge in [-0.15, -0.1) is 0 Å². The first-order chi connectivity index (χ1) is 9.65. The number of nitrogens with one attached hydrogen (secondary N) is 1. The van der Waals surface area contributed by atoms with Crippen LogP contribution in [0.2, 0.25) is 5.02 Å². The molecular weight excluding hydrogens is 277 g/mol. The Labute approximate surface area is 121 Å². The average molecular weight is 288 g/mol. The molecular formula is C16H11ClFNO. The predicted octanol–water partition coefficient (Wildman–Crippen LogP) is 3.26. The van der Waals surface area contributed by atoms with Crippen LogP contribution in [-0.4, -0.2) is 12.5 Å². The van der Waals surface area contributed by atoms with Crippen molar-refractivity contribution in [3.05, 3.63) is 70.5 Å². The molecule has 0 heterocycles. The highest BCUT2D eigenvalue weighted by Gasteiger charge is 2.02. The summed E-state index contributed by atoms with van der Waals surface area (Å²) in [6, 6.07) is 12.5. The van der Waals surface area contributed by atoms with Gasteiger partial charge in [0, 0.05) is 16.1 Å². The Morgan fingerprint density at radius 3 is 2.40 bits per heavy atom. The van der Waals surface area contributed by atoms with Crippen molar-refractivity contribution >= 4 is 17.5 Å². The zero-order valence-corrected chi connectivity index (χ0v) is 11.2. The minimum absolute atomic E-state index is 0.213. The normalized spacial score (nSPS) is 9.50. The summed E-state index contributed by atoms with van der Waals surface area (Å²) in [4.78, 5) is 11.7. The lowest BCUT2D eigenvalue weighted by atomic mass is 10.2. The number of amides is 1. The van der Waals surface area contributed by atoms with E-state index < -0.39 is 0 Å². The summed E-state index contributed by atoms with van der Waals surface area (Å²) in [5.74, 6) is 5.13. The molecule has 0 aliphatic carbocycles. The lowest BCUT2D eigenvalue weighted by Crippen LogP contribution is -2.23. The van der Waals surface area contributed by atoms with Crippen molar-refractivity contribution in [2.24, 2.45) is 0 Å². The second-order valence-electron chi connectivity index (χ2n) is 4.00. The summed E-state index contributed by atoms with van der Waals surface area (Å²) in [7, 11) is 0. The predicted molar refractivity (Wildman–Crippen MR) is 77.1 cm³/mol. The molecule has 1 amide bonds. The van der Waals surface area contributed by atoms with E-state index in [0.29, 0.717) is 16.1 Å². The van der Waals surface area contributed by atoms with Crippen LogP contribution in [0, 0.1) is 17.7 Å². The third-order valence-corrected chi connectivity index (χ3v) is 2.77. The van der Waals surface area contributed by atoms with Crippen molar-refractivity contribution in [3.63, 3.8) is 0 Å². The van der Waals surface area contributed by atoms with Gasteiger partial charge >= 0.3 is 0 Å². The Kier molecular flexibility index (Phi) is 4.75. The van der Waals surface area contributed by atoms with Gasteiger partial charge in [-0.2, -0.15) is 0 Å². The number of hydrogen-bond donors (Lipinski definition) is 1. The molecule has 4 heteroatoms. The molecule has 0 spiro atoms. The monoisotopic (exact) mass is 287 g/mol. The van der Waals surface area contributed by atoms with Crippen LogP contribution in [0.25, 0.3) is 0 Å². The Balaban J connectivity index is 1.88. The van der Waals surface area contributed by atoms with Crippen molar-refractivity contribution < 1.29 is 9.18 Å². The second-order valence-corrected chi connectivity index (χ2v) is 4.43. The largest absolute Gasteiger partial charge is 0.341 e. The highest BCUT2D eigenvalue weighted by atomic mass is 35.5. The standard InChI is InChI=1S/C16H11ClFNO/c17-14-7-5-13(6-8-14)16(20)19-11-1-2-12-3-9-15(18)10-4-12/h3-10H,11H2,(H,19,20). The molecule has 2 aromatic rings. The molecule has 0 aliphatic heterocycles. The maximum absolute atomic E-state index is 12.7. The van der Waals surface area contributed by atoms with Crippen LogP contribution in [-0.2, 0) is 0 Å². The molecule has 0 radical (unpaired) electrons. The number of benzene rings is 2. The van der Waals surface area contributed by atoms with E-state index >= 15 is 0 Å². The summed E-state index contributed by atoms with van der Waals surface area (Å²) in [5.41, 5.74) is 1.23. The van der Waals surface area contributed by atoms with Crippen molar-refractivity contribution in [1.29, 1.82) is 0 Å². The first-order valence-electron chi connectivity index (χ1n) is 5.93. The van der Waals surface area contributed by atoms with Gasteiger partial charge in [0.1, 0.15) is 5.82 Å². The van der Waals surface area contributed by atoms with E-state index in [2.05, 4.69) is 17.2 Å². The van der Waals surface area contributed by atoms with Crippen LogP contribution in [0.4, 0.5) is 4.39 Å². The number of rotatable bonds is 2. The maximum Gasteiger partial charge on any atom is 0.252 e. The van der Waals surface area contributed by atoms with E-state index in [1.54, 1.807) is 36.4 Å². The van der Waals surface area contributed by atoms with Gasteiger partial charge in [-0.25, -0.2) is 4.39 Å². The molecule has 2 aromatic carbocycles. The molecule has 2 rings (SSSR count). The Hall–Kier alpha value is -2.31. The van der Waals surface area contributed by atoms with Crippen LogP contribution in [0.1, 0.15) is 15.9 Å². The van der Waals surface area contributed by atoms with Gasteiger partial charge in [0.05, 0.1) is 6.54 Å². The van der Waals surface area contributed by atoms with Gasteiger partial charge in [-0.05, 0) is 48.5 Å². The lowest BCUT2D eigenvalue weighted by molar-refractivity contribution is 0.0958. The van der Waals surface area contributed by atoms with Crippen LogP contribution < -0.4 is 5.32 Å². The fraction of sp³-hybridized carbons (Fsp3) is 0.0625. The Morgan fingerprint density at radius 1 is 1.10 bits per heavy atom. The third-order valence-electron chi connectivity index (χ3n) is 2.52. The molecule has 0 aromatic heterocycles. The van der Waals surface area contributed by atoms with Crippen molar-refractivity contribution in [1.82, 2.24) is 5.32 Å². The van der Waals surface area contributed by atoms with E-state index in [0.717, 1.165) is 0 Å². The zero-order valence-electron chi connectivity index (χ0n) is 10.5. The van der Waals surface area contributed by atoms with Gasteiger partial charge in [0.15, 0.2) is 0 Å². The third kappa shape index (κ3) is 4.11. The van der Waals surface area contributed by atoms with Crippen LogP contribution in [0.3, 0.4) is 0 Å². The smallest absolute Gasteiger partial charge is 0.252 e. The zero-order chi connectivity index (χ0) is 14.4. The SMILES string of the molecule is O=C(NCC#Cc1ccc(F)cc1)c1ccc(Cl)cc1. The summed E-state index contributed by atoms with van der Waals surface area (Å²) in [6.45, 7) is 0.221. The number of carbonyl (C=O) groups is 1. The highest BCUT2D eigenvalue weighted by Crippen LogP contribution is 2.09. The van der Waals surface area contributed by atoms with Crippen LogP contribution in [0.15, 0.2) is 48.5 Å². The van der Waals surface area contributed by atoms with E-state index in [1.165, 1.54) is 12.1 Å². The molecule has 1 N–H and O–H groups in total. The number of hydrogen-bond acceptors (Lipinski definition) is 1. The lowest BCUT2D eigenvalue weighted by Gasteiger charge is -2.00. The molecule has 100 valence electrons. The van der Waals surface area contributed by atoms with Crippen molar-refractivity contribution in [2.75, 3.05) is 6.54 Å². The first kappa shape index (κ1) is 14.1.